The second kappa shape index (κ2) is 3.62. The maximum absolute atomic E-state index is 11.4. The minimum Gasteiger partial charge on any atom is -0.326 e. The molecule has 1 heterocycles. The first kappa shape index (κ1) is 10.9. The third kappa shape index (κ3) is 1.22. The molecule has 1 aromatic rings. The fourth-order valence-electron chi connectivity index (χ4n) is 3.06. The predicted molar refractivity (Wildman–Crippen MR) is 68.0 cm³/mol. The SMILES string of the molecule is C/C=C1\C2=CCC1(N=[N+]=[N-])c1ccc(=O)[nH]c1C2. The lowest BCUT2D eigenvalue weighted by molar-refractivity contribution is 0.538. The summed E-state index contributed by atoms with van der Waals surface area (Å²) in [5, 5.41) is 4.04. The van der Waals surface area contributed by atoms with E-state index in [4.69, 9.17) is 5.53 Å². The van der Waals surface area contributed by atoms with Crippen LogP contribution in [0.3, 0.4) is 0 Å². The van der Waals surface area contributed by atoms with Crippen LogP contribution in [0.1, 0.15) is 24.6 Å². The van der Waals surface area contributed by atoms with Gasteiger partial charge in [0.1, 0.15) is 5.54 Å². The fourth-order valence-corrected chi connectivity index (χ4v) is 3.06. The average Bonchev–Trinajstić information content (AvgIpc) is 2.61. The Kier molecular flexibility index (Phi) is 2.18. The molecule has 0 amide bonds. The summed E-state index contributed by atoms with van der Waals surface area (Å²) in [5.41, 5.74) is 12.1. The van der Waals surface area contributed by atoms with Crippen LogP contribution < -0.4 is 5.56 Å². The van der Waals surface area contributed by atoms with E-state index < -0.39 is 5.54 Å². The van der Waals surface area contributed by atoms with E-state index in [1.165, 1.54) is 6.07 Å². The largest absolute Gasteiger partial charge is 0.326 e. The summed E-state index contributed by atoms with van der Waals surface area (Å²) in [6.45, 7) is 1.95. The second-order valence-electron chi connectivity index (χ2n) is 4.58. The van der Waals surface area contributed by atoms with Crippen LogP contribution in [0.2, 0.25) is 0 Å². The molecule has 1 N–H and O–H groups in total. The molecule has 0 aromatic carbocycles. The average molecular weight is 240 g/mol. The second-order valence-corrected chi connectivity index (χ2v) is 4.58. The van der Waals surface area contributed by atoms with Gasteiger partial charge in [0.15, 0.2) is 0 Å². The molecule has 0 spiro atoms. The van der Waals surface area contributed by atoms with Crippen molar-refractivity contribution >= 4 is 0 Å². The molecule has 2 aliphatic rings. The van der Waals surface area contributed by atoms with E-state index in [9.17, 15) is 4.79 Å². The lowest BCUT2D eigenvalue weighted by Gasteiger charge is -2.33. The van der Waals surface area contributed by atoms with Gasteiger partial charge in [-0.2, -0.15) is 0 Å². The number of pyridine rings is 1. The molecule has 0 fully saturated rings. The van der Waals surface area contributed by atoms with Crippen LogP contribution in [-0.2, 0) is 12.0 Å². The highest BCUT2D eigenvalue weighted by Crippen LogP contribution is 2.51. The van der Waals surface area contributed by atoms with Gasteiger partial charge in [0.25, 0.3) is 0 Å². The third-order valence-electron chi connectivity index (χ3n) is 3.75. The van der Waals surface area contributed by atoms with Gasteiger partial charge in [-0.1, -0.05) is 23.3 Å². The Labute approximate surface area is 103 Å². The molecule has 90 valence electrons. The highest BCUT2D eigenvalue weighted by atomic mass is 16.1. The van der Waals surface area contributed by atoms with E-state index in [1.807, 2.05) is 13.0 Å². The van der Waals surface area contributed by atoms with Gasteiger partial charge in [-0.25, -0.2) is 0 Å². The Bertz CT molecular complexity index is 691. The van der Waals surface area contributed by atoms with Crippen LogP contribution in [0.25, 0.3) is 10.4 Å². The normalized spacial score (nSPS) is 26.5. The standard InChI is InChI=1S/C13H12N4O/c1-2-9-8-5-6-13(9,16-17-14)10-3-4-12(18)15-11(10)7-8/h2-5H,6-7H2,1H3,(H,15,18)/b9-2+. The highest BCUT2D eigenvalue weighted by Gasteiger charge is 2.45. The molecule has 1 atom stereocenters. The van der Waals surface area contributed by atoms with E-state index in [0.29, 0.717) is 12.8 Å². The van der Waals surface area contributed by atoms with Crippen molar-refractivity contribution in [3.63, 3.8) is 0 Å². The first-order valence-electron chi connectivity index (χ1n) is 5.86. The summed E-state index contributed by atoms with van der Waals surface area (Å²) in [7, 11) is 0. The zero-order valence-electron chi connectivity index (χ0n) is 9.97. The summed E-state index contributed by atoms with van der Waals surface area (Å²) in [6, 6.07) is 3.27. The Morgan fingerprint density at radius 1 is 1.56 bits per heavy atom. The van der Waals surface area contributed by atoms with Gasteiger partial charge < -0.3 is 4.98 Å². The van der Waals surface area contributed by atoms with Gasteiger partial charge in [0, 0.05) is 23.1 Å². The van der Waals surface area contributed by atoms with Gasteiger partial charge in [-0.3, -0.25) is 4.79 Å². The zero-order chi connectivity index (χ0) is 12.8. The number of nitrogens with one attached hydrogen (secondary N) is 1. The van der Waals surface area contributed by atoms with E-state index in [-0.39, 0.29) is 5.56 Å². The molecular formula is C13H12N4O. The quantitative estimate of drug-likeness (QED) is 0.457. The van der Waals surface area contributed by atoms with Gasteiger partial charge in [0.2, 0.25) is 5.56 Å². The third-order valence-corrected chi connectivity index (χ3v) is 3.75. The molecule has 0 saturated heterocycles. The summed E-state index contributed by atoms with van der Waals surface area (Å²) in [5.74, 6) is 0. The molecular weight excluding hydrogens is 228 g/mol. The maximum Gasteiger partial charge on any atom is 0.248 e. The Hall–Kier alpha value is -2.26. The van der Waals surface area contributed by atoms with E-state index in [2.05, 4.69) is 21.1 Å². The van der Waals surface area contributed by atoms with Crippen molar-refractivity contribution in [3.8, 4) is 0 Å². The number of allylic oxidation sites excluding steroid dienone is 1. The molecule has 1 aromatic heterocycles. The first-order chi connectivity index (χ1) is 8.71. The number of hydrogen-bond donors (Lipinski definition) is 1. The molecule has 0 radical (unpaired) electrons. The molecule has 18 heavy (non-hydrogen) atoms. The van der Waals surface area contributed by atoms with E-state index >= 15 is 0 Å². The fraction of sp³-hybridized carbons (Fsp3) is 0.308. The number of H-pyrrole nitrogens is 1. The number of nitrogens with zero attached hydrogens (tertiary/aromatic N) is 3. The Morgan fingerprint density at radius 2 is 2.39 bits per heavy atom. The smallest absolute Gasteiger partial charge is 0.248 e. The van der Waals surface area contributed by atoms with Crippen molar-refractivity contribution < 1.29 is 0 Å². The van der Waals surface area contributed by atoms with Crippen LogP contribution in [0.15, 0.2) is 45.3 Å². The molecule has 5 heteroatoms. The topological polar surface area (TPSA) is 81.6 Å². The summed E-state index contributed by atoms with van der Waals surface area (Å²) in [6.07, 6.45) is 5.47. The number of azide groups is 1. The van der Waals surface area contributed by atoms with Crippen molar-refractivity contribution in [1.82, 2.24) is 4.98 Å². The Morgan fingerprint density at radius 3 is 3.11 bits per heavy atom. The number of rotatable bonds is 1. The number of aromatic nitrogens is 1. The lowest BCUT2D eigenvalue weighted by atomic mass is 9.76. The van der Waals surface area contributed by atoms with Gasteiger partial charge in [-0.15, -0.1) is 0 Å². The van der Waals surface area contributed by atoms with E-state index in [1.54, 1.807) is 6.07 Å². The highest BCUT2D eigenvalue weighted by molar-refractivity contribution is 5.58. The van der Waals surface area contributed by atoms with Gasteiger partial charge in [-0.05, 0) is 35.6 Å². The minimum absolute atomic E-state index is 0.117. The Balaban J connectivity index is 2.35. The van der Waals surface area contributed by atoms with Crippen LogP contribution in [0, 0.1) is 0 Å². The zero-order valence-corrected chi connectivity index (χ0v) is 9.97. The monoisotopic (exact) mass is 240 g/mol. The molecule has 0 aliphatic heterocycles. The molecule has 5 nitrogen and oxygen atoms in total. The van der Waals surface area contributed by atoms with Crippen molar-refractivity contribution in [2.24, 2.45) is 5.11 Å². The molecule has 2 aliphatic carbocycles. The number of hydrogen-bond acceptors (Lipinski definition) is 2. The van der Waals surface area contributed by atoms with Crippen LogP contribution >= 0.6 is 0 Å². The van der Waals surface area contributed by atoms with Crippen LogP contribution in [-0.4, -0.2) is 4.98 Å². The number of aromatic amines is 1. The van der Waals surface area contributed by atoms with E-state index in [0.717, 1.165) is 22.4 Å². The molecule has 3 rings (SSSR count). The van der Waals surface area contributed by atoms with Crippen molar-refractivity contribution in [3.05, 3.63) is 67.5 Å². The van der Waals surface area contributed by atoms with Crippen molar-refractivity contribution in [1.29, 1.82) is 0 Å². The molecule has 0 saturated carbocycles. The first-order valence-corrected chi connectivity index (χ1v) is 5.86. The van der Waals surface area contributed by atoms with Gasteiger partial charge in [0.05, 0.1) is 0 Å². The van der Waals surface area contributed by atoms with Gasteiger partial charge >= 0.3 is 0 Å². The number of fused-ring (bicyclic) bond motifs is 4. The lowest BCUT2D eigenvalue weighted by Crippen LogP contribution is -2.30. The summed E-state index contributed by atoms with van der Waals surface area (Å²) in [4.78, 5) is 17.3. The predicted octanol–water partition coefficient (Wildman–Crippen LogP) is 2.71. The molecule has 1 unspecified atom stereocenters. The maximum atomic E-state index is 11.4. The summed E-state index contributed by atoms with van der Waals surface area (Å²) >= 11 is 0. The molecule has 2 bridgehead atoms. The van der Waals surface area contributed by atoms with Crippen LogP contribution in [0.5, 0.6) is 0 Å². The summed E-state index contributed by atoms with van der Waals surface area (Å²) < 4.78 is 0. The van der Waals surface area contributed by atoms with Crippen molar-refractivity contribution in [2.75, 3.05) is 0 Å². The minimum atomic E-state index is -0.656. The van der Waals surface area contributed by atoms with Crippen LogP contribution in [0.4, 0.5) is 0 Å². The van der Waals surface area contributed by atoms with Crippen molar-refractivity contribution in [2.45, 2.75) is 25.3 Å².